The smallest absolute Gasteiger partial charge is 0.323 e. The van der Waals surface area contributed by atoms with Crippen molar-refractivity contribution in [1.29, 1.82) is 0 Å². The van der Waals surface area contributed by atoms with Gasteiger partial charge in [0, 0.05) is 13.2 Å². The first-order chi connectivity index (χ1) is 10.0. The maximum absolute atomic E-state index is 12.9. The number of halogens is 1. The van der Waals surface area contributed by atoms with Crippen molar-refractivity contribution in [2.45, 2.75) is 31.9 Å². The predicted molar refractivity (Wildman–Crippen MR) is 73.0 cm³/mol. The Balaban J connectivity index is 2.00. The van der Waals surface area contributed by atoms with Crippen LogP contribution < -0.4 is 0 Å². The van der Waals surface area contributed by atoms with Crippen molar-refractivity contribution >= 4 is 11.9 Å². The number of rotatable bonds is 6. The standard InChI is InChI=1S/C15H18FNO4/c16-12-5-3-11(4-6-12)9-17(10-15(19)20)14(18)8-13-2-1-7-21-13/h3-6,13H,1-2,7-10H2,(H,19,20). The Labute approximate surface area is 122 Å². The molecule has 1 heterocycles. The molecule has 0 aromatic heterocycles. The highest BCUT2D eigenvalue weighted by Gasteiger charge is 2.24. The molecule has 1 aromatic rings. The van der Waals surface area contributed by atoms with Crippen molar-refractivity contribution in [1.82, 2.24) is 4.90 Å². The van der Waals surface area contributed by atoms with Gasteiger partial charge in [0.05, 0.1) is 12.5 Å². The van der Waals surface area contributed by atoms with E-state index < -0.39 is 5.97 Å². The third-order valence-corrected chi connectivity index (χ3v) is 3.39. The van der Waals surface area contributed by atoms with E-state index in [4.69, 9.17) is 9.84 Å². The largest absolute Gasteiger partial charge is 0.480 e. The quantitative estimate of drug-likeness (QED) is 0.869. The number of hydrogen-bond acceptors (Lipinski definition) is 3. The number of hydrogen-bond donors (Lipinski definition) is 1. The fourth-order valence-corrected chi connectivity index (χ4v) is 2.33. The zero-order chi connectivity index (χ0) is 15.2. The lowest BCUT2D eigenvalue weighted by Crippen LogP contribution is -2.36. The Kier molecular flexibility index (Phi) is 5.27. The van der Waals surface area contributed by atoms with E-state index in [0.717, 1.165) is 12.8 Å². The summed E-state index contributed by atoms with van der Waals surface area (Å²) in [5.74, 6) is -1.69. The van der Waals surface area contributed by atoms with Crippen molar-refractivity contribution in [3.05, 3.63) is 35.6 Å². The second kappa shape index (κ2) is 7.17. The van der Waals surface area contributed by atoms with Crippen LogP contribution in [0.5, 0.6) is 0 Å². The van der Waals surface area contributed by atoms with Crippen molar-refractivity contribution in [3.8, 4) is 0 Å². The summed E-state index contributed by atoms with van der Waals surface area (Å²) < 4.78 is 18.3. The highest BCUT2D eigenvalue weighted by molar-refractivity contribution is 5.81. The molecule has 21 heavy (non-hydrogen) atoms. The molecular formula is C15H18FNO4. The second-order valence-corrected chi connectivity index (χ2v) is 5.11. The summed E-state index contributed by atoms with van der Waals surface area (Å²) in [6.07, 6.45) is 1.81. The molecule has 6 heteroatoms. The molecule has 5 nitrogen and oxygen atoms in total. The number of nitrogens with zero attached hydrogens (tertiary/aromatic N) is 1. The van der Waals surface area contributed by atoms with Crippen LogP contribution in [0.4, 0.5) is 4.39 Å². The van der Waals surface area contributed by atoms with Crippen LogP contribution in [-0.2, 0) is 20.9 Å². The molecule has 0 spiro atoms. The second-order valence-electron chi connectivity index (χ2n) is 5.11. The van der Waals surface area contributed by atoms with Crippen LogP contribution in [0.2, 0.25) is 0 Å². The van der Waals surface area contributed by atoms with E-state index in [-0.39, 0.29) is 37.3 Å². The van der Waals surface area contributed by atoms with E-state index in [1.54, 1.807) is 12.1 Å². The normalized spacial score (nSPS) is 17.7. The molecule has 1 saturated heterocycles. The molecule has 114 valence electrons. The Morgan fingerprint density at radius 1 is 1.33 bits per heavy atom. The number of carbonyl (C=O) groups excluding carboxylic acids is 1. The van der Waals surface area contributed by atoms with Gasteiger partial charge in [0.1, 0.15) is 12.4 Å². The van der Waals surface area contributed by atoms with Crippen molar-refractivity contribution in [2.24, 2.45) is 0 Å². The summed E-state index contributed by atoms with van der Waals surface area (Å²) in [7, 11) is 0. The molecule has 0 saturated carbocycles. The van der Waals surface area contributed by atoms with Crippen LogP contribution >= 0.6 is 0 Å². The minimum Gasteiger partial charge on any atom is -0.480 e. The molecule has 0 aliphatic carbocycles. The van der Waals surface area contributed by atoms with Gasteiger partial charge >= 0.3 is 5.97 Å². The maximum atomic E-state index is 12.9. The monoisotopic (exact) mass is 295 g/mol. The van der Waals surface area contributed by atoms with Gasteiger partial charge in [0.15, 0.2) is 0 Å². The van der Waals surface area contributed by atoms with E-state index in [9.17, 15) is 14.0 Å². The van der Waals surface area contributed by atoms with Crippen molar-refractivity contribution < 1.29 is 23.8 Å². The van der Waals surface area contributed by atoms with E-state index in [1.807, 2.05) is 0 Å². The molecule has 2 rings (SSSR count). The van der Waals surface area contributed by atoms with E-state index in [0.29, 0.717) is 12.2 Å². The molecule has 1 atom stereocenters. The average molecular weight is 295 g/mol. The topological polar surface area (TPSA) is 66.8 Å². The highest BCUT2D eigenvalue weighted by Crippen LogP contribution is 2.17. The first-order valence-electron chi connectivity index (χ1n) is 6.90. The zero-order valence-electron chi connectivity index (χ0n) is 11.6. The number of carboxylic acid groups (broad SMARTS) is 1. The van der Waals surface area contributed by atoms with Crippen LogP contribution in [0.3, 0.4) is 0 Å². The molecular weight excluding hydrogens is 277 g/mol. The van der Waals surface area contributed by atoms with Crippen molar-refractivity contribution in [3.63, 3.8) is 0 Å². The molecule has 1 unspecified atom stereocenters. The van der Waals surface area contributed by atoms with E-state index in [1.165, 1.54) is 17.0 Å². The van der Waals surface area contributed by atoms with E-state index >= 15 is 0 Å². The van der Waals surface area contributed by atoms with Crippen LogP contribution in [0.15, 0.2) is 24.3 Å². The van der Waals surface area contributed by atoms with Gasteiger partial charge in [-0.25, -0.2) is 4.39 Å². The summed E-state index contributed by atoms with van der Waals surface area (Å²) >= 11 is 0. The predicted octanol–water partition coefficient (Wildman–Crippen LogP) is 1.81. The molecule has 1 aliphatic rings. The third-order valence-electron chi connectivity index (χ3n) is 3.39. The molecule has 1 fully saturated rings. The molecule has 1 aliphatic heterocycles. The van der Waals surface area contributed by atoms with Crippen LogP contribution in [0, 0.1) is 5.82 Å². The summed E-state index contributed by atoms with van der Waals surface area (Å²) in [5.41, 5.74) is 0.693. The van der Waals surface area contributed by atoms with Crippen LogP contribution in [-0.4, -0.2) is 41.1 Å². The SMILES string of the molecule is O=C(O)CN(Cc1ccc(F)cc1)C(=O)CC1CCCO1. The third kappa shape index (κ3) is 4.82. The number of benzene rings is 1. The van der Waals surface area contributed by atoms with Crippen LogP contribution in [0.25, 0.3) is 0 Å². The molecule has 0 radical (unpaired) electrons. The van der Waals surface area contributed by atoms with Gasteiger partial charge in [-0.1, -0.05) is 12.1 Å². The number of amides is 1. The first-order valence-corrected chi connectivity index (χ1v) is 6.90. The zero-order valence-corrected chi connectivity index (χ0v) is 11.6. The Morgan fingerprint density at radius 3 is 2.62 bits per heavy atom. The molecule has 1 amide bonds. The van der Waals surface area contributed by atoms with Gasteiger partial charge in [0.2, 0.25) is 5.91 Å². The van der Waals surface area contributed by atoms with Gasteiger partial charge in [0.25, 0.3) is 0 Å². The van der Waals surface area contributed by atoms with Crippen LogP contribution in [0.1, 0.15) is 24.8 Å². The number of aliphatic carboxylic acids is 1. The lowest BCUT2D eigenvalue weighted by Gasteiger charge is -2.22. The number of carboxylic acids is 1. The van der Waals surface area contributed by atoms with Gasteiger partial charge in [-0.05, 0) is 30.5 Å². The van der Waals surface area contributed by atoms with Gasteiger partial charge in [-0.2, -0.15) is 0 Å². The van der Waals surface area contributed by atoms with Gasteiger partial charge < -0.3 is 14.7 Å². The Bertz CT molecular complexity index is 497. The summed E-state index contributed by atoms with van der Waals surface area (Å²) in [6, 6.07) is 5.67. The first kappa shape index (κ1) is 15.4. The van der Waals surface area contributed by atoms with Gasteiger partial charge in [-0.3, -0.25) is 9.59 Å². The van der Waals surface area contributed by atoms with Crippen molar-refractivity contribution in [2.75, 3.05) is 13.2 Å². The fourth-order valence-electron chi connectivity index (χ4n) is 2.33. The maximum Gasteiger partial charge on any atom is 0.323 e. The molecule has 1 N–H and O–H groups in total. The highest BCUT2D eigenvalue weighted by atomic mass is 19.1. The minimum atomic E-state index is -1.07. The minimum absolute atomic E-state index is 0.123. The number of ether oxygens (including phenoxy) is 1. The van der Waals surface area contributed by atoms with E-state index in [2.05, 4.69) is 0 Å². The summed E-state index contributed by atoms with van der Waals surface area (Å²) in [5, 5.41) is 8.93. The summed E-state index contributed by atoms with van der Waals surface area (Å²) in [4.78, 5) is 24.4. The molecule has 0 bridgehead atoms. The molecule has 1 aromatic carbocycles. The average Bonchev–Trinajstić information content (AvgIpc) is 2.93. The lowest BCUT2D eigenvalue weighted by molar-refractivity contribution is -0.145. The number of carbonyl (C=O) groups is 2. The Morgan fingerprint density at radius 2 is 2.05 bits per heavy atom. The Hall–Kier alpha value is -1.95. The lowest BCUT2D eigenvalue weighted by atomic mass is 10.1. The summed E-state index contributed by atoms with van der Waals surface area (Å²) in [6.45, 7) is 0.426. The van der Waals surface area contributed by atoms with Gasteiger partial charge in [-0.15, -0.1) is 0 Å². The fraction of sp³-hybridized carbons (Fsp3) is 0.467.